The first-order chi connectivity index (χ1) is 17.4. The highest BCUT2D eigenvalue weighted by Gasteiger charge is 2.35. The van der Waals surface area contributed by atoms with Crippen LogP contribution in [0.1, 0.15) is 51.2 Å². The minimum absolute atomic E-state index is 0.0234. The smallest absolute Gasteiger partial charge is 0.337 e. The highest BCUT2D eigenvalue weighted by molar-refractivity contribution is 5.99. The third-order valence-corrected chi connectivity index (χ3v) is 6.07. The molecule has 0 bridgehead atoms. The molecule has 0 fully saturated rings. The van der Waals surface area contributed by atoms with E-state index in [1.165, 1.54) is 7.11 Å². The number of rotatable bonds is 9. The number of hydrogen-bond donors (Lipinski definition) is 1. The fourth-order valence-electron chi connectivity index (χ4n) is 4.30. The van der Waals surface area contributed by atoms with Gasteiger partial charge in [0.1, 0.15) is 0 Å². The average molecular weight is 489 g/mol. The zero-order valence-corrected chi connectivity index (χ0v) is 20.4. The molecule has 2 amide bonds. The largest absolute Gasteiger partial charge is 0.493 e. The van der Waals surface area contributed by atoms with Crippen LogP contribution in [0.15, 0.2) is 66.7 Å². The van der Waals surface area contributed by atoms with Crippen molar-refractivity contribution in [1.29, 1.82) is 0 Å². The first-order valence-corrected chi connectivity index (χ1v) is 11.6. The number of ether oxygens (including phenoxy) is 3. The SMILES string of the molecule is CCOc1ccc([C@H](CC(=O)Nc2ccc(C(=O)OC)cc2)N2Cc3ccccc3C2=O)cc1OC. The second-order valence-corrected chi connectivity index (χ2v) is 8.27. The summed E-state index contributed by atoms with van der Waals surface area (Å²) in [5.41, 5.74) is 3.23. The maximum atomic E-state index is 13.3. The fraction of sp³-hybridized carbons (Fsp3) is 0.250. The molecule has 3 aromatic rings. The highest BCUT2D eigenvalue weighted by Crippen LogP contribution is 2.37. The summed E-state index contributed by atoms with van der Waals surface area (Å²) in [6.07, 6.45) is 0.0234. The van der Waals surface area contributed by atoms with Crippen LogP contribution in [0.5, 0.6) is 11.5 Å². The summed E-state index contributed by atoms with van der Waals surface area (Å²) < 4.78 is 15.9. The Morgan fingerprint density at radius 2 is 1.75 bits per heavy atom. The molecule has 0 radical (unpaired) electrons. The van der Waals surface area contributed by atoms with Gasteiger partial charge in [0.15, 0.2) is 11.5 Å². The number of hydrogen-bond acceptors (Lipinski definition) is 6. The minimum atomic E-state index is -0.538. The van der Waals surface area contributed by atoms with E-state index in [0.717, 1.165) is 11.1 Å². The molecule has 1 N–H and O–H groups in total. The van der Waals surface area contributed by atoms with E-state index < -0.39 is 12.0 Å². The summed E-state index contributed by atoms with van der Waals surface area (Å²) in [5, 5.41) is 2.86. The van der Waals surface area contributed by atoms with Gasteiger partial charge in [-0.1, -0.05) is 24.3 Å². The highest BCUT2D eigenvalue weighted by atomic mass is 16.5. The van der Waals surface area contributed by atoms with Gasteiger partial charge < -0.3 is 24.4 Å². The summed E-state index contributed by atoms with van der Waals surface area (Å²) in [4.78, 5) is 39.8. The second kappa shape index (κ2) is 10.9. The van der Waals surface area contributed by atoms with Gasteiger partial charge in [-0.2, -0.15) is 0 Å². The number of amides is 2. The Bertz CT molecular complexity index is 1270. The summed E-state index contributed by atoms with van der Waals surface area (Å²) in [5.74, 6) is 0.265. The number of anilines is 1. The lowest BCUT2D eigenvalue weighted by Gasteiger charge is -2.28. The van der Waals surface area contributed by atoms with Gasteiger partial charge in [-0.15, -0.1) is 0 Å². The maximum absolute atomic E-state index is 13.3. The van der Waals surface area contributed by atoms with Crippen LogP contribution in [0, 0.1) is 0 Å². The van der Waals surface area contributed by atoms with Gasteiger partial charge in [-0.05, 0) is 60.5 Å². The number of benzene rings is 3. The molecular weight excluding hydrogens is 460 g/mol. The van der Waals surface area contributed by atoms with Crippen LogP contribution in [0.4, 0.5) is 5.69 Å². The Morgan fingerprint density at radius 1 is 1.00 bits per heavy atom. The first kappa shape index (κ1) is 24.8. The molecule has 186 valence electrons. The van der Waals surface area contributed by atoms with Crippen LogP contribution in [0.25, 0.3) is 0 Å². The Morgan fingerprint density at radius 3 is 2.42 bits per heavy atom. The van der Waals surface area contributed by atoms with Crippen molar-refractivity contribution in [2.24, 2.45) is 0 Å². The molecule has 1 aliphatic rings. The van der Waals surface area contributed by atoms with E-state index in [-0.39, 0.29) is 18.2 Å². The van der Waals surface area contributed by atoms with Gasteiger partial charge in [-0.3, -0.25) is 9.59 Å². The predicted molar refractivity (Wildman–Crippen MR) is 134 cm³/mol. The van der Waals surface area contributed by atoms with Gasteiger partial charge in [0.05, 0.1) is 38.9 Å². The molecule has 1 aliphatic heterocycles. The summed E-state index contributed by atoms with van der Waals surface area (Å²) >= 11 is 0. The normalized spacial score (nSPS) is 13.1. The quantitative estimate of drug-likeness (QED) is 0.442. The van der Waals surface area contributed by atoms with E-state index in [2.05, 4.69) is 5.32 Å². The standard InChI is InChI=1S/C28H28N2O6/c1-4-36-24-14-11-19(15-25(24)34-2)23(30-17-20-7-5-6-8-22(20)27(30)32)16-26(31)29-21-12-9-18(10-13-21)28(33)35-3/h5-15,23H,4,16-17H2,1-3H3,(H,29,31)/t23-/m0/s1. The summed E-state index contributed by atoms with van der Waals surface area (Å²) in [7, 11) is 2.87. The molecule has 3 aromatic carbocycles. The summed E-state index contributed by atoms with van der Waals surface area (Å²) in [6.45, 7) is 2.77. The number of methoxy groups -OCH3 is 2. The molecule has 8 heteroatoms. The average Bonchev–Trinajstić information content (AvgIpc) is 3.24. The Balaban J connectivity index is 1.61. The number of carbonyl (C=O) groups is 3. The first-order valence-electron chi connectivity index (χ1n) is 11.6. The van der Waals surface area contributed by atoms with Gasteiger partial charge in [0, 0.05) is 17.8 Å². The fourth-order valence-corrected chi connectivity index (χ4v) is 4.30. The minimum Gasteiger partial charge on any atom is -0.493 e. The van der Waals surface area contributed by atoms with Crippen molar-refractivity contribution in [2.75, 3.05) is 26.1 Å². The van der Waals surface area contributed by atoms with Crippen LogP contribution in [-0.4, -0.2) is 43.5 Å². The van der Waals surface area contributed by atoms with Crippen molar-refractivity contribution < 1.29 is 28.6 Å². The molecule has 0 spiro atoms. The van der Waals surface area contributed by atoms with Gasteiger partial charge in [0.25, 0.3) is 5.91 Å². The van der Waals surface area contributed by atoms with Crippen LogP contribution < -0.4 is 14.8 Å². The number of esters is 1. The topological polar surface area (TPSA) is 94.2 Å². The van der Waals surface area contributed by atoms with Crippen LogP contribution >= 0.6 is 0 Å². The number of fused-ring (bicyclic) bond motifs is 1. The second-order valence-electron chi connectivity index (χ2n) is 8.27. The molecule has 8 nitrogen and oxygen atoms in total. The van der Waals surface area contributed by atoms with Crippen molar-refractivity contribution in [3.63, 3.8) is 0 Å². The maximum Gasteiger partial charge on any atom is 0.337 e. The lowest BCUT2D eigenvalue weighted by Crippen LogP contribution is -2.32. The van der Waals surface area contributed by atoms with E-state index in [1.54, 1.807) is 48.4 Å². The van der Waals surface area contributed by atoms with Crippen molar-refractivity contribution >= 4 is 23.5 Å². The molecule has 0 unspecified atom stereocenters. The van der Waals surface area contributed by atoms with E-state index in [9.17, 15) is 14.4 Å². The Kier molecular flexibility index (Phi) is 7.53. The third-order valence-electron chi connectivity index (χ3n) is 6.07. The van der Waals surface area contributed by atoms with Crippen molar-refractivity contribution in [3.8, 4) is 11.5 Å². The molecule has 0 aliphatic carbocycles. The predicted octanol–water partition coefficient (Wildman–Crippen LogP) is 4.61. The van der Waals surface area contributed by atoms with Crippen LogP contribution in [0.3, 0.4) is 0 Å². The van der Waals surface area contributed by atoms with E-state index in [4.69, 9.17) is 14.2 Å². The molecular formula is C28H28N2O6. The number of carbonyl (C=O) groups excluding carboxylic acids is 3. The molecule has 0 aromatic heterocycles. The van der Waals surface area contributed by atoms with Crippen molar-refractivity contribution in [1.82, 2.24) is 4.90 Å². The monoisotopic (exact) mass is 488 g/mol. The summed E-state index contributed by atoms with van der Waals surface area (Å²) in [6, 6.07) is 18.8. The Hall–Kier alpha value is -4.33. The zero-order valence-electron chi connectivity index (χ0n) is 20.4. The van der Waals surface area contributed by atoms with Gasteiger partial charge in [-0.25, -0.2) is 4.79 Å². The van der Waals surface area contributed by atoms with Crippen LogP contribution in [-0.2, 0) is 16.1 Å². The van der Waals surface area contributed by atoms with E-state index in [0.29, 0.717) is 41.5 Å². The molecule has 0 saturated carbocycles. The zero-order chi connectivity index (χ0) is 25.7. The van der Waals surface area contributed by atoms with Crippen molar-refractivity contribution in [2.45, 2.75) is 25.9 Å². The van der Waals surface area contributed by atoms with Gasteiger partial charge >= 0.3 is 5.97 Å². The third kappa shape index (κ3) is 5.17. The molecule has 0 saturated heterocycles. The lowest BCUT2D eigenvalue weighted by molar-refractivity contribution is -0.117. The van der Waals surface area contributed by atoms with Crippen molar-refractivity contribution in [3.05, 3.63) is 89.0 Å². The van der Waals surface area contributed by atoms with E-state index >= 15 is 0 Å². The molecule has 1 atom stereocenters. The molecule has 36 heavy (non-hydrogen) atoms. The number of nitrogens with zero attached hydrogens (tertiary/aromatic N) is 1. The lowest BCUT2D eigenvalue weighted by atomic mass is 10.0. The van der Waals surface area contributed by atoms with Crippen LogP contribution in [0.2, 0.25) is 0 Å². The number of nitrogens with one attached hydrogen (secondary N) is 1. The molecule has 4 rings (SSSR count). The molecule has 1 heterocycles. The van der Waals surface area contributed by atoms with E-state index in [1.807, 2.05) is 37.3 Å². The Labute approximate surface area is 209 Å². The van der Waals surface area contributed by atoms with Gasteiger partial charge in [0.2, 0.25) is 5.91 Å².